The maximum Gasteiger partial charge on any atom is 0.191 e. The molecule has 5 heteroatoms. The zero-order valence-corrected chi connectivity index (χ0v) is 17.3. The zero-order chi connectivity index (χ0) is 16.5. The number of aliphatic hydroxyl groups excluding tert-OH is 1. The molecule has 1 saturated carbocycles. The molecule has 1 atom stereocenters. The van der Waals surface area contributed by atoms with Gasteiger partial charge in [-0.3, -0.25) is 4.99 Å². The highest BCUT2D eigenvalue weighted by atomic mass is 127. The van der Waals surface area contributed by atoms with E-state index in [0.29, 0.717) is 0 Å². The van der Waals surface area contributed by atoms with E-state index in [-0.39, 0.29) is 41.9 Å². The summed E-state index contributed by atoms with van der Waals surface area (Å²) >= 11 is 0. The third kappa shape index (κ3) is 5.92. The molecule has 1 aromatic rings. The molecule has 4 nitrogen and oxygen atoms in total. The number of aliphatic imine (C=N–C) groups is 1. The number of halogens is 1. The Morgan fingerprint density at radius 3 is 2.46 bits per heavy atom. The third-order valence-corrected chi connectivity index (χ3v) is 4.76. The summed E-state index contributed by atoms with van der Waals surface area (Å²) in [5.41, 5.74) is 1.60. The highest BCUT2D eigenvalue weighted by molar-refractivity contribution is 14.0. The van der Waals surface area contributed by atoms with E-state index >= 15 is 0 Å². The van der Waals surface area contributed by atoms with Crippen molar-refractivity contribution in [2.45, 2.75) is 44.9 Å². The monoisotopic (exact) mass is 445 g/mol. The normalized spacial score (nSPS) is 17.9. The number of rotatable bonds is 7. The van der Waals surface area contributed by atoms with Crippen LogP contribution in [0.1, 0.15) is 45.1 Å². The second-order valence-corrected chi connectivity index (χ2v) is 6.72. The second kappa shape index (κ2) is 10.9. The summed E-state index contributed by atoms with van der Waals surface area (Å²) in [6.45, 7) is 6.70. The van der Waals surface area contributed by atoms with Crippen molar-refractivity contribution in [2.75, 3.05) is 26.2 Å². The first kappa shape index (κ1) is 21.2. The van der Waals surface area contributed by atoms with Gasteiger partial charge in [0.05, 0.1) is 6.54 Å². The fourth-order valence-corrected chi connectivity index (χ4v) is 3.29. The third-order valence-electron chi connectivity index (χ3n) is 4.76. The van der Waals surface area contributed by atoms with E-state index in [0.717, 1.165) is 25.6 Å². The van der Waals surface area contributed by atoms with Crippen LogP contribution in [0.25, 0.3) is 0 Å². The molecule has 0 heterocycles. The molecule has 1 aromatic carbocycles. The first-order valence-electron chi connectivity index (χ1n) is 8.89. The van der Waals surface area contributed by atoms with E-state index in [1.54, 1.807) is 0 Å². The predicted molar refractivity (Wildman–Crippen MR) is 112 cm³/mol. The Hall–Kier alpha value is -0.820. The number of nitrogens with zero attached hydrogens (tertiary/aromatic N) is 1. The van der Waals surface area contributed by atoms with Crippen molar-refractivity contribution in [3.05, 3.63) is 35.9 Å². The Kier molecular flexibility index (Phi) is 9.66. The fourth-order valence-electron chi connectivity index (χ4n) is 3.29. The maximum atomic E-state index is 9.17. The lowest BCUT2D eigenvalue weighted by molar-refractivity contribution is 0.238. The van der Waals surface area contributed by atoms with E-state index in [4.69, 9.17) is 10.1 Å². The van der Waals surface area contributed by atoms with Crippen molar-refractivity contribution in [3.8, 4) is 0 Å². The van der Waals surface area contributed by atoms with E-state index in [1.165, 1.54) is 31.2 Å². The van der Waals surface area contributed by atoms with E-state index in [1.807, 2.05) is 6.92 Å². The quantitative estimate of drug-likeness (QED) is 0.343. The molecule has 24 heavy (non-hydrogen) atoms. The van der Waals surface area contributed by atoms with Crippen LogP contribution in [0.5, 0.6) is 0 Å². The zero-order valence-electron chi connectivity index (χ0n) is 14.9. The van der Waals surface area contributed by atoms with Crippen molar-refractivity contribution in [2.24, 2.45) is 10.9 Å². The molecule has 1 unspecified atom stereocenters. The van der Waals surface area contributed by atoms with Gasteiger partial charge in [-0.05, 0) is 31.2 Å². The van der Waals surface area contributed by atoms with Gasteiger partial charge in [-0.25, -0.2) is 0 Å². The number of guanidine groups is 1. The standard InChI is InChI=1S/C19H31N3O.HI/c1-3-20-18(21-13-16(2)14-23)22-15-19(11-7-8-12-19)17-9-5-4-6-10-17;/h4-6,9-10,16,23H,3,7-8,11-15H2,1-2H3,(H2,20,21,22);1H. The van der Waals surface area contributed by atoms with Crippen LogP contribution in [0, 0.1) is 5.92 Å². The first-order valence-corrected chi connectivity index (χ1v) is 8.89. The van der Waals surface area contributed by atoms with Gasteiger partial charge >= 0.3 is 0 Å². The SMILES string of the molecule is CCNC(=NCC1(c2ccccc2)CCCC1)NCC(C)CO.I. The highest BCUT2D eigenvalue weighted by Gasteiger charge is 2.35. The molecule has 0 radical (unpaired) electrons. The van der Waals surface area contributed by atoms with Crippen molar-refractivity contribution >= 4 is 29.9 Å². The van der Waals surface area contributed by atoms with Gasteiger partial charge in [0.2, 0.25) is 0 Å². The van der Waals surface area contributed by atoms with Crippen LogP contribution in [-0.2, 0) is 5.41 Å². The van der Waals surface area contributed by atoms with E-state index in [2.05, 4.69) is 47.9 Å². The van der Waals surface area contributed by atoms with Gasteiger partial charge in [0.15, 0.2) is 5.96 Å². The molecule has 0 amide bonds. The molecule has 0 bridgehead atoms. The summed E-state index contributed by atoms with van der Waals surface area (Å²) in [4.78, 5) is 4.86. The van der Waals surface area contributed by atoms with Crippen LogP contribution in [0.15, 0.2) is 35.3 Å². The van der Waals surface area contributed by atoms with Crippen LogP contribution < -0.4 is 10.6 Å². The van der Waals surface area contributed by atoms with Crippen LogP contribution in [0.4, 0.5) is 0 Å². The van der Waals surface area contributed by atoms with Crippen molar-refractivity contribution in [1.82, 2.24) is 10.6 Å². The smallest absolute Gasteiger partial charge is 0.191 e. The van der Waals surface area contributed by atoms with Gasteiger partial charge in [-0.2, -0.15) is 0 Å². The Balaban J connectivity index is 0.00000288. The lowest BCUT2D eigenvalue weighted by atomic mass is 9.79. The molecule has 2 rings (SSSR count). The Morgan fingerprint density at radius 2 is 1.88 bits per heavy atom. The molecular weight excluding hydrogens is 413 g/mol. The molecule has 0 aliphatic heterocycles. The highest BCUT2D eigenvalue weighted by Crippen LogP contribution is 2.41. The van der Waals surface area contributed by atoms with Gasteiger partial charge < -0.3 is 15.7 Å². The minimum Gasteiger partial charge on any atom is -0.396 e. The summed E-state index contributed by atoms with van der Waals surface area (Å²) in [5, 5.41) is 15.8. The van der Waals surface area contributed by atoms with E-state index < -0.39 is 0 Å². The van der Waals surface area contributed by atoms with Gasteiger partial charge in [0.25, 0.3) is 0 Å². The molecule has 0 saturated heterocycles. The molecule has 1 aliphatic rings. The lowest BCUT2D eigenvalue weighted by Gasteiger charge is -2.28. The molecule has 0 spiro atoms. The van der Waals surface area contributed by atoms with Crippen molar-refractivity contribution < 1.29 is 5.11 Å². The Labute approximate surface area is 163 Å². The Bertz CT molecular complexity index is 487. The maximum absolute atomic E-state index is 9.17. The average molecular weight is 445 g/mol. The van der Waals surface area contributed by atoms with Crippen molar-refractivity contribution in [3.63, 3.8) is 0 Å². The Morgan fingerprint density at radius 1 is 1.21 bits per heavy atom. The average Bonchev–Trinajstić information content (AvgIpc) is 3.08. The fraction of sp³-hybridized carbons (Fsp3) is 0.632. The summed E-state index contributed by atoms with van der Waals surface area (Å²) in [6, 6.07) is 10.8. The minimum absolute atomic E-state index is 0. The number of benzene rings is 1. The van der Waals surface area contributed by atoms with Crippen molar-refractivity contribution in [1.29, 1.82) is 0 Å². The molecule has 1 aliphatic carbocycles. The molecule has 0 aromatic heterocycles. The molecule has 3 N–H and O–H groups in total. The topological polar surface area (TPSA) is 56.7 Å². The largest absolute Gasteiger partial charge is 0.396 e. The van der Waals surface area contributed by atoms with Gasteiger partial charge in [-0.15, -0.1) is 24.0 Å². The summed E-state index contributed by atoms with van der Waals surface area (Å²) in [5.74, 6) is 1.09. The van der Waals surface area contributed by atoms with Crippen LogP contribution >= 0.6 is 24.0 Å². The number of aliphatic hydroxyl groups is 1. The molecule has 136 valence electrons. The second-order valence-electron chi connectivity index (χ2n) is 6.72. The van der Waals surface area contributed by atoms with Gasteiger partial charge in [0.1, 0.15) is 0 Å². The lowest BCUT2D eigenvalue weighted by Crippen LogP contribution is -2.41. The summed E-state index contributed by atoms with van der Waals surface area (Å²) in [6.07, 6.45) is 5.01. The molecule has 1 fully saturated rings. The number of nitrogens with one attached hydrogen (secondary N) is 2. The van der Waals surface area contributed by atoms with Crippen LogP contribution in [-0.4, -0.2) is 37.3 Å². The number of hydrogen-bond acceptors (Lipinski definition) is 2. The summed E-state index contributed by atoms with van der Waals surface area (Å²) in [7, 11) is 0. The summed E-state index contributed by atoms with van der Waals surface area (Å²) < 4.78 is 0. The van der Waals surface area contributed by atoms with Crippen LogP contribution in [0.2, 0.25) is 0 Å². The predicted octanol–water partition coefficient (Wildman–Crippen LogP) is 3.30. The van der Waals surface area contributed by atoms with Gasteiger partial charge in [-0.1, -0.05) is 50.1 Å². The van der Waals surface area contributed by atoms with Crippen LogP contribution in [0.3, 0.4) is 0 Å². The number of hydrogen-bond donors (Lipinski definition) is 3. The molecular formula is C19H32IN3O. The van der Waals surface area contributed by atoms with E-state index in [9.17, 15) is 0 Å². The first-order chi connectivity index (χ1) is 11.2. The van der Waals surface area contributed by atoms with Gasteiger partial charge in [0, 0.05) is 25.1 Å². The minimum atomic E-state index is 0.